The van der Waals surface area contributed by atoms with Crippen molar-refractivity contribution in [3.63, 3.8) is 0 Å². The van der Waals surface area contributed by atoms with E-state index in [1.807, 2.05) is 23.9 Å². The molecule has 1 saturated heterocycles. The summed E-state index contributed by atoms with van der Waals surface area (Å²) in [5.74, 6) is 0.0393. The van der Waals surface area contributed by atoms with Crippen LogP contribution >= 0.6 is 23.2 Å². The van der Waals surface area contributed by atoms with E-state index in [0.29, 0.717) is 23.7 Å². The molecule has 0 radical (unpaired) electrons. The van der Waals surface area contributed by atoms with Crippen LogP contribution in [0.5, 0.6) is 0 Å². The molecule has 2 heterocycles. The first-order chi connectivity index (χ1) is 19.1. The fraction of sp³-hybridized carbons (Fsp3) is 0.481. The third-order valence-corrected chi connectivity index (χ3v) is 9.78. The summed E-state index contributed by atoms with van der Waals surface area (Å²) in [7, 11) is 0.128. The standard InChI is InChI=1S/C27H31Cl2F3N4O4S/c1-4-41(39,40)22-8-7-18(28)10-17(22)14-36-25(37)19-11-21(27(30,31)32)20(23(29)24(19)33-26(36)38)15-35-9-5-6-16(13-35)12-34(2)3/h7-8,10-11,16H,4-6,9,12-15H2,1-3H3,(H,33,38)/t16-/m0/s1. The van der Waals surface area contributed by atoms with Crippen molar-refractivity contribution in [1.29, 1.82) is 0 Å². The number of nitrogens with zero attached hydrogens (tertiary/aromatic N) is 3. The van der Waals surface area contributed by atoms with Crippen molar-refractivity contribution in [2.24, 2.45) is 5.92 Å². The molecule has 1 aliphatic heterocycles. The number of aromatic amines is 1. The van der Waals surface area contributed by atoms with Gasteiger partial charge >= 0.3 is 11.9 Å². The molecule has 4 rings (SSSR count). The number of sulfone groups is 1. The molecule has 0 amide bonds. The van der Waals surface area contributed by atoms with E-state index in [1.54, 1.807) is 0 Å². The summed E-state index contributed by atoms with van der Waals surface area (Å²) in [4.78, 5) is 32.8. The highest BCUT2D eigenvalue weighted by molar-refractivity contribution is 7.91. The van der Waals surface area contributed by atoms with Crippen LogP contribution in [0.4, 0.5) is 13.2 Å². The van der Waals surface area contributed by atoms with Gasteiger partial charge in [-0.3, -0.25) is 14.3 Å². The normalized spacial score (nSPS) is 17.0. The van der Waals surface area contributed by atoms with Crippen LogP contribution in [0.25, 0.3) is 10.9 Å². The van der Waals surface area contributed by atoms with Crippen LogP contribution in [0.15, 0.2) is 38.8 Å². The minimum Gasteiger partial charge on any atom is -0.309 e. The number of hydrogen-bond donors (Lipinski definition) is 1. The molecule has 1 N–H and O–H groups in total. The van der Waals surface area contributed by atoms with Crippen LogP contribution in [0.2, 0.25) is 10.0 Å². The van der Waals surface area contributed by atoms with Gasteiger partial charge in [0.05, 0.1) is 38.7 Å². The predicted molar refractivity (Wildman–Crippen MR) is 154 cm³/mol. The summed E-state index contributed by atoms with van der Waals surface area (Å²) >= 11 is 12.6. The Balaban J connectivity index is 1.83. The van der Waals surface area contributed by atoms with E-state index in [1.165, 1.54) is 25.1 Å². The Morgan fingerprint density at radius 1 is 1.12 bits per heavy atom. The van der Waals surface area contributed by atoms with Crippen LogP contribution in [0, 0.1) is 5.92 Å². The molecule has 1 aromatic heterocycles. The van der Waals surface area contributed by atoms with Gasteiger partial charge in [0, 0.05) is 24.7 Å². The Hall–Kier alpha value is -2.38. The molecule has 2 aromatic carbocycles. The highest BCUT2D eigenvalue weighted by Crippen LogP contribution is 2.39. The van der Waals surface area contributed by atoms with E-state index in [9.17, 15) is 31.2 Å². The molecular formula is C27H31Cl2F3N4O4S. The van der Waals surface area contributed by atoms with Gasteiger partial charge in [0.15, 0.2) is 9.84 Å². The maximum absolute atomic E-state index is 14.3. The van der Waals surface area contributed by atoms with E-state index in [0.717, 1.165) is 19.4 Å². The van der Waals surface area contributed by atoms with Gasteiger partial charge in [0.2, 0.25) is 0 Å². The molecule has 224 valence electrons. The number of nitrogens with one attached hydrogen (secondary N) is 1. The minimum atomic E-state index is -4.82. The lowest BCUT2D eigenvalue weighted by Crippen LogP contribution is -2.39. The number of piperidine rings is 1. The highest BCUT2D eigenvalue weighted by atomic mass is 35.5. The molecule has 0 saturated carbocycles. The lowest BCUT2D eigenvalue weighted by molar-refractivity contribution is -0.138. The van der Waals surface area contributed by atoms with Crippen LogP contribution in [-0.4, -0.2) is 67.3 Å². The zero-order chi connectivity index (χ0) is 30.3. The second-order valence-corrected chi connectivity index (χ2v) is 13.7. The predicted octanol–water partition coefficient (Wildman–Crippen LogP) is 4.63. The average Bonchev–Trinajstić information content (AvgIpc) is 2.87. The number of hydrogen-bond acceptors (Lipinski definition) is 6. The van der Waals surface area contributed by atoms with Gasteiger partial charge in [-0.1, -0.05) is 30.1 Å². The van der Waals surface area contributed by atoms with E-state index in [-0.39, 0.29) is 49.8 Å². The van der Waals surface area contributed by atoms with Crippen LogP contribution in [0.1, 0.15) is 36.5 Å². The Morgan fingerprint density at radius 2 is 1.83 bits per heavy atom. The largest absolute Gasteiger partial charge is 0.416 e. The Morgan fingerprint density at radius 3 is 2.46 bits per heavy atom. The number of aromatic nitrogens is 2. The smallest absolute Gasteiger partial charge is 0.309 e. The lowest BCUT2D eigenvalue weighted by Gasteiger charge is -2.34. The summed E-state index contributed by atoms with van der Waals surface area (Å²) in [6.45, 7) is 2.80. The topological polar surface area (TPSA) is 95.5 Å². The molecule has 41 heavy (non-hydrogen) atoms. The van der Waals surface area contributed by atoms with Gasteiger partial charge in [0.1, 0.15) is 0 Å². The van der Waals surface area contributed by atoms with Crippen molar-refractivity contribution in [3.8, 4) is 0 Å². The molecule has 0 aliphatic carbocycles. The lowest BCUT2D eigenvalue weighted by atomic mass is 9.96. The fourth-order valence-electron chi connectivity index (χ4n) is 5.43. The van der Waals surface area contributed by atoms with Gasteiger partial charge in [-0.2, -0.15) is 13.2 Å². The van der Waals surface area contributed by atoms with Crippen molar-refractivity contribution in [1.82, 2.24) is 19.4 Å². The molecule has 0 bridgehead atoms. The van der Waals surface area contributed by atoms with Crippen LogP contribution in [-0.2, 0) is 29.1 Å². The molecule has 3 aromatic rings. The Kier molecular flexibility index (Phi) is 9.30. The number of benzene rings is 2. The summed E-state index contributed by atoms with van der Waals surface area (Å²) in [6.07, 6.45) is -3.03. The first-order valence-corrected chi connectivity index (χ1v) is 15.5. The first kappa shape index (κ1) is 31.6. The summed E-state index contributed by atoms with van der Waals surface area (Å²) in [5.41, 5.74) is -3.39. The Bertz CT molecular complexity index is 1690. The third-order valence-electron chi connectivity index (χ3n) is 7.30. The molecule has 0 unspecified atom stereocenters. The van der Waals surface area contributed by atoms with Gasteiger partial charge < -0.3 is 9.88 Å². The number of fused-ring (bicyclic) bond motifs is 1. The first-order valence-electron chi connectivity index (χ1n) is 13.1. The van der Waals surface area contributed by atoms with E-state index >= 15 is 0 Å². The molecule has 1 fully saturated rings. The van der Waals surface area contributed by atoms with Gasteiger partial charge in [-0.25, -0.2) is 13.2 Å². The van der Waals surface area contributed by atoms with Gasteiger partial charge in [-0.15, -0.1) is 0 Å². The van der Waals surface area contributed by atoms with Crippen LogP contribution in [0.3, 0.4) is 0 Å². The van der Waals surface area contributed by atoms with Crippen molar-refractivity contribution in [3.05, 3.63) is 71.8 Å². The molecule has 8 nitrogen and oxygen atoms in total. The van der Waals surface area contributed by atoms with Crippen molar-refractivity contribution in [2.75, 3.05) is 39.5 Å². The second kappa shape index (κ2) is 12.1. The number of halogens is 5. The third kappa shape index (κ3) is 6.83. The summed E-state index contributed by atoms with van der Waals surface area (Å²) < 4.78 is 68.9. The molecular weight excluding hydrogens is 604 g/mol. The average molecular weight is 636 g/mol. The van der Waals surface area contributed by atoms with E-state index < -0.39 is 44.8 Å². The number of rotatable bonds is 8. The van der Waals surface area contributed by atoms with Crippen molar-refractivity contribution < 1.29 is 21.6 Å². The van der Waals surface area contributed by atoms with Crippen molar-refractivity contribution >= 4 is 43.9 Å². The van der Waals surface area contributed by atoms with Gasteiger partial charge in [-0.05, 0) is 74.8 Å². The minimum absolute atomic E-state index is 0.0578. The summed E-state index contributed by atoms with van der Waals surface area (Å²) in [5, 5.41) is -0.613. The second-order valence-electron chi connectivity index (χ2n) is 10.6. The molecule has 1 atom stereocenters. The summed E-state index contributed by atoms with van der Waals surface area (Å²) in [6, 6.07) is 4.65. The quantitative estimate of drug-likeness (QED) is 0.388. The Labute approximate surface area is 245 Å². The highest BCUT2D eigenvalue weighted by Gasteiger charge is 2.37. The fourth-order valence-corrected chi connectivity index (χ4v) is 7.04. The molecule has 0 spiro atoms. The maximum Gasteiger partial charge on any atom is 0.416 e. The molecule has 14 heteroatoms. The van der Waals surface area contributed by atoms with Crippen LogP contribution < -0.4 is 11.2 Å². The van der Waals surface area contributed by atoms with E-state index in [4.69, 9.17) is 23.2 Å². The number of H-pyrrole nitrogens is 1. The zero-order valence-corrected chi connectivity index (χ0v) is 25.1. The number of alkyl halides is 3. The maximum atomic E-state index is 14.3. The van der Waals surface area contributed by atoms with E-state index in [2.05, 4.69) is 4.98 Å². The zero-order valence-electron chi connectivity index (χ0n) is 22.8. The molecule has 1 aliphatic rings. The SMILES string of the molecule is CCS(=O)(=O)c1ccc(Cl)cc1Cn1c(=O)[nH]c2c(Cl)c(CN3CCC[C@@H](CN(C)C)C3)c(C(F)(F)F)cc2c1=O. The van der Waals surface area contributed by atoms with Gasteiger partial charge in [0.25, 0.3) is 5.56 Å². The van der Waals surface area contributed by atoms with Crippen molar-refractivity contribution in [2.45, 2.75) is 43.9 Å². The number of likely N-dealkylation sites (tertiary alicyclic amines) is 1. The monoisotopic (exact) mass is 634 g/mol.